The van der Waals surface area contributed by atoms with Gasteiger partial charge in [0.05, 0.1) is 25.0 Å². The number of thioether (sulfide) groups is 1. The molecule has 0 fully saturated rings. The van der Waals surface area contributed by atoms with Gasteiger partial charge in [-0.15, -0.1) is 11.3 Å². The van der Waals surface area contributed by atoms with E-state index in [2.05, 4.69) is 29.5 Å². The van der Waals surface area contributed by atoms with E-state index in [4.69, 9.17) is 4.74 Å². The van der Waals surface area contributed by atoms with Gasteiger partial charge in [0.1, 0.15) is 5.75 Å². The van der Waals surface area contributed by atoms with Gasteiger partial charge in [0.15, 0.2) is 4.34 Å². The number of nitrogens with zero attached hydrogens (tertiary/aromatic N) is 1. The standard InChI is InChI=1S/C19H25N3O3S2/c1-13(2)8-9-20-17(23)10-15-11-26-19(22-15)27-12-18(24)21-14-4-6-16(25-3)7-5-14/h4-7,11,13H,8-10,12H2,1-3H3,(H,20,23)(H,21,24). The maximum Gasteiger partial charge on any atom is 0.234 e. The molecule has 0 aliphatic rings. The SMILES string of the molecule is COc1ccc(NC(=O)CSc2nc(CC(=O)NCCC(C)C)cs2)cc1. The molecule has 2 N–H and O–H groups in total. The van der Waals surface area contributed by atoms with E-state index in [0.29, 0.717) is 12.5 Å². The van der Waals surface area contributed by atoms with Crippen LogP contribution in [0.4, 0.5) is 5.69 Å². The number of amides is 2. The zero-order valence-corrected chi connectivity index (χ0v) is 17.4. The monoisotopic (exact) mass is 407 g/mol. The van der Waals surface area contributed by atoms with E-state index in [1.54, 1.807) is 31.4 Å². The Kier molecular flexibility index (Phi) is 8.60. The molecule has 1 aromatic heterocycles. The molecule has 0 spiro atoms. The second-order valence-corrected chi connectivity index (χ2v) is 8.46. The van der Waals surface area contributed by atoms with Crippen molar-refractivity contribution in [3.63, 3.8) is 0 Å². The van der Waals surface area contributed by atoms with Gasteiger partial charge in [0, 0.05) is 17.6 Å². The summed E-state index contributed by atoms with van der Waals surface area (Å²) in [6.45, 7) is 4.94. The molecule has 1 heterocycles. The summed E-state index contributed by atoms with van der Waals surface area (Å²) in [7, 11) is 1.60. The summed E-state index contributed by atoms with van der Waals surface area (Å²) in [6.07, 6.45) is 1.24. The first-order valence-corrected chi connectivity index (χ1v) is 10.6. The Bertz CT molecular complexity index is 745. The third-order valence-corrected chi connectivity index (χ3v) is 5.69. The number of thiazole rings is 1. The molecule has 6 nitrogen and oxygen atoms in total. The molecular weight excluding hydrogens is 382 g/mol. The van der Waals surface area contributed by atoms with Crippen LogP contribution in [-0.2, 0) is 16.0 Å². The summed E-state index contributed by atoms with van der Waals surface area (Å²) in [5.41, 5.74) is 1.46. The second kappa shape index (κ2) is 10.9. The van der Waals surface area contributed by atoms with Gasteiger partial charge in [-0.25, -0.2) is 4.98 Å². The number of ether oxygens (including phenoxy) is 1. The van der Waals surface area contributed by atoms with Crippen LogP contribution in [0.15, 0.2) is 34.0 Å². The summed E-state index contributed by atoms with van der Waals surface area (Å²) in [5, 5.41) is 7.60. The molecular formula is C19H25N3O3S2. The van der Waals surface area contributed by atoms with Crippen LogP contribution in [0.3, 0.4) is 0 Å². The van der Waals surface area contributed by atoms with Gasteiger partial charge < -0.3 is 15.4 Å². The van der Waals surface area contributed by atoms with Crippen molar-refractivity contribution in [1.82, 2.24) is 10.3 Å². The Labute approximate surface area is 168 Å². The normalized spacial score (nSPS) is 10.7. The molecule has 2 aromatic rings. The minimum atomic E-state index is -0.103. The molecule has 2 amide bonds. The topological polar surface area (TPSA) is 80.3 Å². The molecule has 146 valence electrons. The van der Waals surface area contributed by atoms with Gasteiger partial charge in [-0.2, -0.15) is 0 Å². The molecule has 1 aromatic carbocycles. The highest BCUT2D eigenvalue weighted by Gasteiger charge is 2.10. The molecule has 0 atom stereocenters. The Hall–Kier alpha value is -2.06. The van der Waals surface area contributed by atoms with Crippen molar-refractivity contribution in [2.24, 2.45) is 5.92 Å². The van der Waals surface area contributed by atoms with Crippen molar-refractivity contribution in [3.8, 4) is 5.75 Å². The number of nitrogens with one attached hydrogen (secondary N) is 2. The Morgan fingerprint density at radius 3 is 2.63 bits per heavy atom. The molecule has 8 heteroatoms. The summed E-state index contributed by atoms with van der Waals surface area (Å²) < 4.78 is 5.87. The lowest BCUT2D eigenvalue weighted by molar-refractivity contribution is -0.120. The van der Waals surface area contributed by atoms with E-state index in [0.717, 1.165) is 27.9 Å². The van der Waals surface area contributed by atoms with Gasteiger partial charge in [0.2, 0.25) is 11.8 Å². The van der Waals surface area contributed by atoms with E-state index < -0.39 is 0 Å². The zero-order chi connectivity index (χ0) is 19.6. The third-order valence-electron chi connectivity index (χ3n) is 3.62. The summed E-state index contributed by atoms with van der Waals surface area (Å²) in [5.74, 6) is 1.45. The number of anilines is 1. The highest BCUT2D eigenvalue weighted by atomic mass is 32.2. The quantitative estimate of drug-likeness (QED) is 0.589. The van der Waals surface area contributed by atoms with Crippen LogP contribution in [0.2, 0.25) is 0 Å². The minimum absolute atomic E-state index is 0.0188. The Morgan fingerprint density at radius 1 is 1.22 bits per heavy atom. The first-order valence-electron chi connectivity index (χ1n) is 8.74. The minimum Gasteiger partial charge on any atom is -0.497 e. The van der Waals surface area contributed by atoms with Crippen LogP contribution in [-0.4, -0.2) is 36.2 Å². The van der Waals surface area contributed by atoms with Crippen LogP contribution in [0.1, 0.15) is 26.0 Å². The largest absolute Gasteiger partial charge is 0.497 e. The number of benzene rings is 1. The Balaban J connectivity index is 1.73. The van der Waals surface area contributed by atoms with Gasteiger partial charge in [0.25, 0.3) is 0 Å². The molecule has 0 aliphatic carbocycles. The van der Waals surface area contributed by atoms with Crippen molar-refractivity contribution in [3.05, 3.63) is 35.3 Å². The summed E-state index contributed by atoms with van der Waals surface area (Å²) in [6, 6.07) is 7.17. The molecule has 0 saturated heterocycles. The van der Waals surface area contributed by atoms with E-state index in [-0.39, 0.29) is 24.0 Å². The number of hydrogen-bond donors (Lipinski definition) is 2. The molecule has 0 radical (unpaired) electrons. The second-order valence-electron chi connectivity index (χ2n) is 6.38. The summed E-state index contributed by atoms with van der Waals surface area (Å²) in [4.78, 5) is 28.4. The molecule has 0 unspecified atom stereocenters. The highest BCUT2D eigenvalue weighted by molar-refractivity contribution is 8.01. The number of carbonyl (C=O) groups is 2. The fraction of sp³-hybridized carbons (Fsp3) is 0.421. The number of carbonyl (C=O) groups excluding carboxylic acids is 2. The maximum absolute atomic E-state index is 12.0. The molecule has 27 heavy (non-hydrogen) atoms. The van der Waals surface area contributed by atoms with Gasteiger partial charge in [-0.1, -0.05) is 25.6 Å². The van der Waals surface area contributed by atoms with Gasteiger partial charge >= 0.3 is 0 Å². The van der Waals surface area contributed by atoms with Crippen LogP contribution >= 0.6 is 23.1 Å². The number of methoxy groups -OCH3 is 1. The average Bonchev–Trinajstić information content (AvgIpc) is 3.07. The first kappa shape index (κ1) is 21.2. The third kappa shape index (κ3) is 8.01. The van der Waals surface area contributed by atoms with Crippen LogP contribution in [0, 0.1) is 5.92 Å². The van der Waals surface area contributed by atoms with Crippen molar-refractivity contribution in [2.45, 2.75) is 31.0 Å². The Morgan fingerprint density at radius 2 is 1.96 bits per heavy atom. The van der Waals surface area contributed by atoms with Crippen molar-refractivity contribution in [2.75, 3.05) is 24.7 Å². The highest BCUT2D eigenvalue weighted by Crippen LogP contribution is 2.23. The van der Waals surface area contributed by atoms with E-state index in [9.17, 15) is 9.59 Å². The lowest BCUT2D eigenvalue weighted by atomic mass is 10.1. The number of rotatable bonds is 10. The number of hydrogen-bond acceptors (Lipinski definition) is 6. The van der Waals surface area contributed by atoms with Crippen molar-refractivity contribution < 1.29 is 14.3 Å². The average molecular weight is 408 g/mol. The summed E-state index contributed by atoms with van der Waals surface area (Å²) >= 11 is 2.81. The van der Waals surface area contributed by atoms with E-state index >= 15 is 0 Å². The van der Waals surface area contributed by atoms with Gasteiger partial charge in [-0.3, -0.25) is 9.59 Å². The predicted molar refractivity (Wildman–Crippen MR) is 111 cm³/mol. The smallest absolute Gasteiger partial charge is 0.234 e. The van der Waals surface area contributed by atoms with Crippen LogP contribution < -0.4 is 15.4 Å². The fourth-order valence-corrected chi connectivity index (χ4v) is 3.81. The lowest BCUT2D eigenvalue weighted by Gasteiger charge is -2.06. The van der Waals surface area contributed by atoms with Crippen molar-refractivity contribution >= 4 is 40.6 Å². The van der Waals surface area contributed by atoms with Crippen LogP contribution in [0.25, 0.3) is 0 Å². The maximum atomic E-state index is 12.0. The lowest BCUT2D eigenvalue weighted by Crippen LogP contribution is -2.26. The van der Waals surface area contributed by atoms with E-state index in [1.807, 2.05) is 5.38 Å². The number of aromatic nitrogens is 1. The molecule has 2 rings (SSSR count). The molecule has 0 bridgehead atoms. The fourth-order valence-electron chi connectivity index (χ4n) is 2.16. The molecule has 0 saturated carbocycles. The van der Waals surface area contributed by atoms with Gasteiger partial charge in [-0.05, 0) is 36.6 Å². The molecule has 0 aliphatic heterocycles. The first-order chi connectivity index (χ1) is 13.0. The van der Waals surface area contributed by atoms with Crippen molar-refractivity contribution in [1.29, 1.82) is 0 Å². The van der Waals surface area contributed by atoms with Crippen LogP contribution in [0.5, 0.6) is 5.75 Å². The zero-order valence-electron chi connectivity index (χ0n) is 15.8. The van der Waals surface area contributed by atoms with E-state index in [1.165, 1.54) is 23.1 Å². The predicted octanol–water partition coefficient (Wildman–Crippen LogP) is 3.59.